The number of rotatable bonds is 6. The van der Waals surface area contributed by atoms with Gasteiger partial charge in [-0.1, -0.05) is 6.92 Å². The van der Waals surface area contributed by atoms with Gasteiger partial charge in [-0.3, -0.25) is 4.79 Å². The van der Waals surface area contributed by atoms with E-state index in [4.69, 9.17) is 4.42 Å². The molecule has 0 N–H and O–H groups in total. The Hall–Kier alpha value is -1.56. The van der Waals surface area contributed by atoms with Crippen LogP contribution in [-0.4, -0.2) is 43.8 Å². The summed E-state index contributed by atoms with van der Waals surface area (Å²) in [5.41, 5.74) is 0. The van der Waals surface area contributed by atoms with Crippen LogP contribution >= 0.6 is 0 Å². The van der Waals surface area contributed by atoms with Gasteiger partial charge < -0.3 is 9.32 Å². The van der Waals surface area contributed by atoms with Crippen molar-refractivity contribution in [1.29, 1.82) is 0 Å². The van der Waals surface area contributed by atoms with E-state index in [1.807, 2.05) is 0 Å². The molecule has 0 aliphatic heterocycles. The van der Waals surface area contributed by atoms with Crippen molar-refractivity contribution in [2.24, 2.45) is 0 Å². The normalized spacial score (nSPS) is 13.6. The highest BCUT2D eigenvalue weighted by Gasteiger charge is 2.19. The second-order valence-corrected chi connectivity index (χ2v) is 6.74. The first kappa shape index (κ1) is 15.5. The first-order valence-corrected chi connectivity index (χ1v) is 7.86. The summed E-state index contributed by atoms with van der Waals surface area (Å²) in [6, 6.07) is 3.10. The molecular weight excluding hydrogens is 266 g/mol. The summed E-state index contributed by atoms with van der Waals surface area (Å²) in [6.45, 7) is 3.31. The predicted octanol–water partition coefficient (Wildman–Crippen LogP) is 1.57. The standard InChI is InChI=1S/C13H19NO4S/c1-4-19(16,17)10-11(2)14(3)13(15)8-7-12-6-5-9-18-12/h5-9,11H,4,10H2,1-3H3/b8-7-/t11-/m1/s1. The molecule has 6 heteroatoms. The van der Waals surface area contributed by atoms with E-state index in [-0.39, 0.29) is 23.5 Å². The number of nitrogens with zero attached hydrogens (tertiary/aromatic N) is 1. The van der Waals surface area contributed by atoms with Crippen LogP contribution in [0.25, 0.3) is 6.08 Å². The molecule has 1 aromatic heterocycles. The summed E-state index contributed by atoms with van der Waals surface area (Å²) in [5, 5.41) is 0. The maximum Gasteiger partial charge on any atom is 0.246 e. The lowest BCUT2D eigenvalue weighted by Gasteiger charge is -2.23. The number of furan rings is 1. The molecule has 0 aromatic carbocycles. The zero-order valence-electron chi connectivity index (χ0n) is 11.4. The van der Waals surface area contributed by atoms with Crippen LogP contribution in [0.2, 0.25) is 0 Å². The van der Waals surface area contributed by atoms with Crippen molar-refractivity contribution in [2.45, 2.75) is 19.9 Å². The number of likely N-dealkylation sites (N-methyl/N-ethyl adjacent to an activating group) is 1. The molecule has 0 aliphatic rings. The minimum Gasteiger partial charge on any atom is -0.465 e. The van der Waals surface area contributed by atoms with Gasteiger partial charge in [-0.25, -0.2) is 8.42 Å². The smallest absolute Gasteiger partial charge is 0.246 e. The van der Waals surface area contributed by atoms with Gasteiger partial charge in [-0.05, 0) is 25.1 Å². The third-order valence-electron chi connectivity index (χ3n) is 2.88. The minimum atomic E-state index is -3.09. The van der Waals surface area contributed by atoms with Gasteiger partial charge in [0.15, 0.2) is 9.84 Å². The summed E-state index contributed by atoms with van der Waals surface area (Å²) in [4.78, 5) is 13.3. The Labute approximate surface area is 113 Å². The van der Waals surface area contributed by atoms with E-state index >= 15 is 0 Å². The van der Waals surface area contributed by atoms with Crippen LogP contribution in [0, 0.1) is 0 Å². The quantitative estimate of drug-likeness (QED) is 0.744. The molecule has 106 valence electrons. The van der Waals surface area contributed by atoms with Gasteiger partial charge in [0, 0.05) is 24.9 Å². The average molecular weight is 285 g/mol. The van der Waals surface area contributed by atoms with E-state index in [9.17, 15) is 13.2 Å². The third-order valence-corrected chi connectivity index (χ3v) is 4.75. The summed E-state index contributed by atoms with van der Waals surface area (Å²) < 4.78 is 28.1. The van der Waals surface area contributed by atoms with E-state index in [1.165, 1.54) is 17.2 Å². The Kier molecular flexibility index (Phi) is 5.35. The molecular formula is C13H19NO4S. The van der Waals surface area contributed by atoms with Gasteiger partial charge in [0.25, 0.3) is 0 Å². The Morgan fingerprint density at radius 3 is 2.74 bits per heavy atom. The number of carbonyl (C=O) groups excluding carboxylic acids is 1. The fourth-order valence-corrected chi connectivity index (χ4v) is 2.67. The largest absolute Gasteiger partial charge is 0.465 e. The number of hydrogen-bond donors (Lipinski definition) is 0. The Bertz CT molecular complexity index is 531. The molecule has 0 radical (unpaired) electrons. The van der Waals surface area contributed by atoms with Gasteiger partial charge in [0.1, 0.15) is 5.76 Å². The lowest BCUT2D eigenvalue weighted by molar-refractivity contribution is -0.126. The predicted molar refractivity (Wildman–Crippen MR) is 74.3 cm³/mol. The first-order valence-electron chi connectivity index (χ1n) is 6.04. The summed E-state index contributed by atoms with van der Waals surface area (Å²) in [7, 11) is -1.50. The SMILES string of the molecule is CCS(=O)(=O)C[C@@H](C)N(C)C(=O)/C=C\c1ccco1. The van der Waals surface area contributed by atoms with Crippen molar-refractivity contribution >= 4 is 21.8 Å². The fraction of sp³-hybridized carbons (Fsp3) is 0.462. The second-order valence-electron chi connectivity index (χ2n) is 4.35. The molecule has 0 aliphatic carbocycles. The maximum absolute atomic E-state index is 11.9. The van der Waals surface area contributed by atoms with Gasteiger partial charge in [-0.2, -0.15) is 0 Å². The monoisotopic (exact) mass is 285 g/mol. The molecule has 0 saturated heterocycles. The Balaban J connectivity index is 2.62. The van der Waals surface area contributed by atoms with Gasteiger partial charge in [0.2, 0.25) is 5.91 Å². The average Bonchev–Trinajstić information content (AvgIpc) is 2.87. The van der Waals surface area contributed by atoms with E-state index in [0.717, 1.165) is 0 Å². The molecule has 5 nitrogen and oxygen atoms in total. The molecule has 0 unspecified atom stereocenters. The van der Waals surface area contributed by atoms with Crippen molar-refractivity contribution in [3.05, 3.63) is 30.2 Å². The number of carbonyl (C=O) groups is 1. The van der Waals surface area contributed by atoms with Gasteiger partial charge >= 0.3 is 0 Å². The number of hydrogen-bond acceptors (Lipinski definition) is 4. The van der Waals surface area contributed by atoms with E-state index < -0.39 is 9.84 Å². The van der Waals surface area contributed by atoms with Crippen molar-refractivity contribution < 1.29 is 17.6 Å². The molecule has 0 spiro atoms. The van der Waals surface area contributed by atoms with Crippen LogP contribution in [0.3, 0.4) is 0 Å². The van der Waals surface area contributed by atoms with E-state index in [1.54, 1.807) is 39.1 Å². The minimum absolute atomic E-state index is 0.0274. The van der Waals surface area contributed by atoms with Crippen LogP contribution in [0.1, 0.15) is 19.6 Å². The first-order chi connectivity index (χ1) is 8.85. The number of sulfone groups is 1. The van der Waals surface area contributed by atoms with Crippen molar-refractivity contribution in [1.82, 2.24) is 4.90 Å². The van der Waals surface area contributed by atoms with E-state index in [2.05, 4.69) is 0 Å². The van der Waals surface area contributed by atoms with Crippen LogP contribution in [0.4, 0.5) is 0 Å². The van der Waals surface area contributed by atoms with Crippen LogP contribution in [-0.2, 0) is 14.6 Å². The van der Waals surface area contributed by atoms with Crippen LogP contribution in [0.5, 0.6) is 0 Å². The highest BCUT2D eigenvalue weighted by Crippen LogP contribution is 2.06. The lowest BCUT2D eigenvalue weighted by atomic mass is 10.3. The molecule has 19 heavy (non-hydrogen) atoms. The molecule has 1 atom stereocenters. The lowest BCUT2D eigenvalue weighted by Crippen LogP contribution is -2.38. The van der Waals surface area contributed by atoms with Crippen molar-refractivity contribution in [2.75, 3.05) is 18.6 Å². The second kappa shape index (κ2) is 6.56. The zero-order chi connectivity index (χ0) is 14.5. The summed E-state index contributed by atoms with van der Waals surface area (Å²) >= 11 is 0. The highest BCUT2D eigenvalue weighted by atomic mass is 32.2. The van der Waals surface area contributed by atoms with Crippen molar-refractivity contribution in [3.8, 4) is 0 Å². The molecule has 1 amide bonds. The molecule has 1 aromatic rings. The number of amides is 1. The van der Waals surface area contributed by atoms with Crippen molar-refractivity contribution in [3.63, 3.8) is 0 Å². The van der Waals surface area contributed by atoms with Crippen LogP contribution < -0.4 is 0 Å². The molecule has 1 heterocycles. The molecule has 0 bridgehead atoms. The Morgan fingerprint density at radius 2 is 2.21 bits per heavy atom. The van der Waals surface area contributed by atoms with Crippen LogP contribution in [0.15, 0.2) is 28.9 Å². The summed E-state index contributed by atoms with van der Waals surface area (Å²) in [6.07, 6.45) is 4.44. The zero-order valence-corrected chi connectivity index (χ0v) is 12.2. The maximum atomic E-state index is 11.9. The highest BCUT2D eigenvalue weighted by molar-refractivity contribution is 7.91. The van der Waals surface area contributed by atoms with E-state index in [0.29, 0.717) is 5.76 Å². The third kappa shape index (κ3) is 4.90. The van der Waals surface area contributed by atoms with Gasteiger partial charge in [-0.15, -0.1) is 0 Å². The molecule has 0 saturated carbocycles. The molecule has 0 fully saturated rings. The molecule has 1 rings (SSSR count). The topological polar surface area (TPSA) is 67.6 Å². The fourth-order valence-electron chi connectivity index (χ4n) is 1.47. The van der Waals surface area contributed by atoms with Gasteiger partial charge in [0.05, 0.1) is 12.0 Å². The Morgan fingerprint density at radius 1 is 1.53 bits per heavy atom. The summed E-state index contributed by atoms with van der Waals surface area (Å²) in [5.74, 6) is 0.382.